The third kappa shape index (κ3) is 3.23. The van der Waals surface area contributed by atoms with E-state index in [4.69, 9.17) is 4.74 Å². The number of non-ortho nitro benzene ring substituents is 1. The number of hydrogen-bond acceptors (Lipinski definition) is 6. The lowest BCUT2D eigenvalue weighted by molar-refractivity contribution is -0.385. The van der Waals surface area contributed by atoms with Crippen LogP contribution in [0.3, 0.4) is 0 Å². The summed E-state index contributed by atoms with van der Waals surface area (Å²) in [6, 6.07) is 5.03. The van der Waals surface area contributed by atoms with Crippen LogP contribution >= 0.6 is 0 Å². The van der Waals surface area contributed by atoms with Gasteiger partial charge in [0, 0.05) is 25.2 Å². The number of nitro groups is 1. The fourth-order valence-electron chi connectivity index (χ4n) is 5.54. The molecule has 2 aliphatic carbocycles. The molecule has 9 nitrogen and oxygen atoms in total. The van der Waals surface area contributed by atoms with Crippen molar-refractivity contribution in [1.29, 1.82) is 0 Å². The van der Waals surface area contributed by atoms with Crippen LogP contribution in [0.1, 0.15) is 24.4 Å². The highest BCUT2D eigenvalue weighted by molar-refractivity contribution is 6.07. The van der Waals surface area contributed by atoms with Gasteiger partial charge in [0.15, 0.2) is 0 Å². The van der Waals surface area contributed by atoms with Crippen molar-refractivity contribution in [2.24, 2.45) is 23.7 Å². The molecule has 0 aromatic heterocycles. The summed E-state index contributed by atoms with van der Waals surface area (Å²) < 4.78 is 5.30. The number of ether oxygens (including phenoxy) is 1. The quantitative estimate of drug-likeness (QED) is 0.307. The first-order chi connectivity index (χ1) is 15.0. The number of morpholine rings is 1. The lowest BCUT2D eigenvalue weighted by Crippen LogP contribution is -2.44. The van der Waals surface area contributed by atoms with Crippen molar-refractivity contribution >= 4 is 23.4 Å². The number of amides is 3. The van der Waals surface area contributed by atoms with Crippen LogP contribution < -0.4 is 0 Å². The van der Waals surface area contributed by atoms with Gasteiger partial charge in [-0.2, -0.15) is 0 Å². The maximum atomic E-state index is 13.4. The molecule has 3 amide bonds. The first-order valence-electron chi connectivity index (χ1n) is 10.6. The average molecular weight is 425 g/mol. The van der Waals surface area contributed by atoms with Gasteiger partial charge in [-0.05, 0) is 23.8 Å². The second-order valence-corrected chi connectivity index (χ2v) is 8.61. The third-order valence-corrected chi connectivity index (χ3v) is 7.01. The van der Waals surface area contributed by atoms with Crippen LogP contribution in [0.4, 0.5) is 5.69 Å². The van der Waals surface area contributed by atoms with E-state index in [1.807, 2.05) is 12.2 Å². The Hall–Kier alpha value is -3.07. The van der Waals surface area contributed by atoms with Gasteiger partial charge in [0.05, 0.1) is 42.4 Å². The molecule has 9 heteroatoms. The number of carbonyl (C=O) groups excluding carboxylic acids is 3. The Morgan fingerprint density at radius 2 is 1.77 bits per heavy atom. The largest absolute Gasteiger partial charge is 0.378 e. The highest BCUT2D eigenvalue weighted by Gasteiger charge is 2.60. The van der Waals surface area contributed by atoms with Gasteiger partial charge in [0.2, 0.25) is 17.7 Å². The van der Waals surface area contributed by atoms with Crippen molar-refractivity contribution in [2.45, 2.75) is 18.9 Å². The molecule has 1 saturated carbocycles. The zero-order valence-corrected chi connectivity index (χ0v) is 16.9. The van der Waals surface area contributed by atoms with Crippen LogP contribution in [-0.2, 0) is 19.1 Å². The smallest absolute Gasteiger partial charge is 0.269 e. The van der Waals surface area contributed by atoms with Crippen molar-refractivity contribution in [1.82, 2.24) is 9.80 Å². The minimum absolute atomic E-state index is 0.0529. The number of nitrogens with zero attached hydrogens (tertiary/aromatic N) is 3. The molecule has 5 unspecified atom stereocenters. The van der Waals surface area contributed by atoms with E-state index in [0.717, 1.165) is 6.42 Å². The summed E-state index contributed by atoms with van der Waals surface area (Å²) in [4.78, 5) is 53.4. The van der Waals surface area contributed by atoms with Gasteiger partial charge in [-0.3, -0.25) is 29.4 Å². The standard InChI is InChI=1S/C22H23N3O6/c26-18(23-6-8-31-9-7-23)12-17(13-2-1-3-16(11-13)25(29)30)24-21(27)19-14-4-5-15(10-14)20(19)22(24)28/h1-5,11,14-15,17,19-20H,6-10,12H2. The second-order valence-electron chi connectivity index (χ2n) is 8.61. The lowest BCUT2D eigenvalue weighted by Gasteiger charge is -2.32. The summed E-state index contributed by atoms with van der Waals surface area (Å²) >= 11 is 0. The Balaban J connectivity index is 1.49. The summed E-state index contributed by atoms with van der Waals surface area (Å²) in [6.07, 6.45) is 4.75. The number of likely N-dealkylation sites (tertiary alicyclic amines) is 1. The molecule has 5 rings (SSSR count). The van der Waals surface area contributed by atoms with Crippen LogP contribution in [0.2, 0.25) is 0 Å². The first-order valence-corrected chi connectivity index (χ1v) is 10.6. The molecule has 4 aliphatic rings. The van der Waals surface area contributed by atoms with Gasteiger partial charge in [0.25, 0.3) is 5.69 Å². The number of nitro benzene ring substituents is 1. The minimum Gasteiger partial charge on any atom is -0.378 e. The minimum atomic E-state index is -0.861. The van der Waals surface area contributed by atoms with Gasteiger partial charge >= 0.3 is 0 Å². The SMILES string of the molecule is O=C(CC(c1cccc([N+](=O)[O-])c1)N1C(=O)C2C3C=CC(C3)C2C1=O)N1CCOCC1. The second kappa shape index (κ2) is 7.56. The topological polar surface area (TPSA) is 110 Å². The summed E-state index contributed by atoms with van der Waals surface area (Å²) in [5.41, 5.74) is 0.292. The number of rotatable bonds is 5. The van der Waals surface area contributed by atoms with E-state index in [2.05, 4.69) is 0 Å². The molecular weight excluding hydrogens is 402 g/mol. The molecule has 31 heavy (non-hydrogen) atoms. The summed E-state index contributed by atoms with van der Waals surface area (Å²) in [5.74, 6) is -1.39. The number of benzene rings is 1. The molecule has 2 aliphatic heterocycles. The average Bonchev–Trinajstić information content (AvgIpc) is 3.47. The predicted octanol–water partition coefficient (Wildman–Crippen LogP) is 1.69. The molecule has 3 fully saturated rings. The molecule has 2 bridgehead atoms. The van der Waals surface area contributed by atoms with Gasteiger partial charge in [-0.15, -0.1) is 0 Å². The monoisotopic (exact) mass is 425 g/mol. The van der Waals surface area contributed by atoms with E-state index in [1.54, 1.807) is 11.0 Å². The Bertz CT molecular complexity index is 955. The Labute approximate surface area is 178 Å². The Kier molecular flexibility index (Phi) is 4.85. The maximum Gasteiger partial charge on any atom is 0.269 e. The number of hydrogen-bond donors (Lipinski definition) is 0. The summed E-state index contributed by atoms with van der Waals surface area (Å²) in [6.45, 7) is 1.77. The van der Waals surface area contributed by atoms with Crippen LogP contribution in [-0.4, -0.2) is 58.7 Å². The molecule has 1 aromatic carbocycles. The molecule has 2 heterocycles. The maximum absolute atomic E-state index is 13.4. The normalized spacial score (nSPS) is 30.1. The van der Waals surface area contributed by atoms with Crippen molar-refractivity contribution in [3.63, 3.8) is 0 Å². The van der Waals surface area contributed by atoms with Crippen molar-refractivity contribution in [3.05, 3.63) is 52.1 Å². The number of allylic oxidation sites excluding steroid dienone is 2. The summed E-state index contributed by atoms with van der Waals surface area (Å²) in [5, 5.41) is 11.3. The van der Waals surface area contributed by atoms with Crippen LogP contribution in [0.15, 0.2) is 36.4 Å². The van der Waals surface area contributed by atoms with Crippen LogP contribution in [0.5, 0.6) is 0 Å². The van der Waals surface area contributed by atoms with Crippen molar-refractivity contribution < 1.29 is 24.0 Å². The lowest BCUT2D eigenvalue weighted by atomic mass is 9.85. The first kappa shape index (κ1) is 19.9. The molecular formula is C22H23N3O6. The molecule has 5 atom stereocenters. The van der Waals surface area contributed by atoms with E-state index >= 15 is 0 Å². The highest BCUT2D eigenvalue weighted by atomic mass is 16.6. The van der Waals surface area contributed by atoms with Gasteiger partial charge in [-0.1, -0.05) is 24.3 Å². The van der Waals surface area contributed by atoms with E-state index in [9.17, 15) is 24.5 Å². The summed E-state index contributed by atoms with van der Waals surface area (Å²) in [7, 11) is 0. The van der Waals surface area contributed by atoms with Gasteiger partial charge < -0.3 is 9.64 Å². The van der Waals surface area contributed by atoms with Crippen molar-refractivity contribution in [2.75, 3.05) is 26.3 Å². The van der Waals surface area contributed by atoms with E-state index in [1.165, 1.54) is 23.1 Å². The Morgan fingerprint density at radius 3 is 2.39 bits per heavy atom. The molecule has 2 saturated heterocycles. The van der Waals surface area contributed by atoms with Gasteiger partial charge in [-0.25, -0.2) is 0 Å². The Morgan fingerprint density at radius 1 is 1.13 bits per heavy atom. The number of imide groups is 1. The zero-order valence-electron chi connectivity index (χ0n) is 16.9. The van der Waals surface area contributed by atoms with Crippen LogP contribution in [0, 0.1) is 33.8 Å². The van der Waals surface area contributed by atoms with Gasteiger partial charge in [0.1, 0.15) is 0 Å². The van der Waals surface area contributed by atoms with E-state index < -0.39 is 11.0 Å². The molecule has 0 radical (unpaired) electrons. The molecule has 162 valence electrons. The zero-order chi connectivity index (χ0) is 21.7. The van der Waals surface area contributed by atoms with E-state index in [-0.39, 0.29) is 53.5 Å². The van der Waals surface area contributed by atoms with Crippen LogP contribution in [0.25, 0.3) is 0 Å². The van der Waals surface area contributed by atoms with Crippen molar-refractivity contribution in [3.8, 4) is 0 Å². The highest BCUT2D eigenvalue weighted by Crippen LogP contribution is 2.54. The molecule has 0 N–H and O–H groups in total. The molecule has 1 aromatic rings. The number of fused-ring (bicyclic) bond motifs is 5. The fourth-order valence-corrected chi connectivity index (χ4v) is 5.54. The molecule has 0 spiro atoms. The predicted molar refractivity (Wildman–Crippen MR) is 107 cm³/mol. The van der Waals surface area contributed by atoms with E-state index in [0.29, 0.717) is 31.9 Å². The third-order valence-electron chi connectivity index (χ3n) is 7.01. The number of carbonyl (C=O) groups is 3. The fraction of sp³-hybridized carbons (Fsp3) is 0.500.